The molecule has 0 radical (unpaired) electrons. The van der Waals surface area contributed by atoms with E-state index in [2.05, 4.69) is 43.3 Å². The zero-order valence-corrected chi connectivity index (χ0v) is 13.9. The maximum absolute atomic E-state index is 14.3. The highest BCUT2D eigenvalue weighted by Crippen LogP contribution is 2.36. The summed E-state index contributed by atoms with van der Waals surface area (Å²) in [6.45, 7) is 2.07. The van der Waals surface area contributed by atoms with Gasteiger partial charge in [-0.2, -0.15) is 5.26 Å². The predicted octanol–water partition coefficient (Wildman–Crippen LogP) is 5.57. The van der Waals surface area contributed by atoms with Crippen molar-refractivity contribution in [2.24, 2.45) is 0 Å². The van der Waals surface area contributed by atoms with Crippen LogP contribution >= 0.6 is 0 Å². The highest BCUT2D eigenvalue weighted by molar-refractivity contribution is 5.84. The molecule has 1 aliphatic rings. The maximum atomic E-state index is 14.3. The molecule has 4 rings (SSSR count). The molecule has 0 aliphatic heterocycles. The minimum absolute atomic E-state index is 0.241. The Kier molecular flexibility index (Phi) is 3.77. The molecule has 3 heteroatoms. The Labute approximate surface area is 145 Å². The Morgan fingerprint density at radius 2 is 1.80 bits per heavy atom. The first kappa shape index (κ1) is 15.8. The van der Waals surface area contributed by atoms with E-state index in [0.29, 0.717) is 24.0 Å². The molecule has 1 unspecified atom stereocenters. The van der Waals surface area contributed by atoms with Crippen LogP contribution in [-0.2, 0) is 12.8 Å². The molecule has 3 aromatic rings. The zero-order chi connectivity index (χ0) is 17.6. The zero-order valence-electron chi connectivity index (χ0n) is 13.9. The summed E-state index contributed by atoms with van der Waals surface area (Å²) in [5.74, 6) is -1.19. The van der Waals surface area contributed by atoms with Crippen molar-refractivity contribution in [2.45, 2.75) is 32.1 Å². The average Bonchev–Trinajstić information content (AvgIpc) is 2.61. The number of aryl methyl sites for hydroxylation is 1. The third-order valence-corrected chi connectivity index (χ3v) is 5.22. The lowest BCUT2D eigenvalue weighted by molar-refractivity contribution is 0.520. The van der Waals surface area contributed by atoms with Gasteiger partial charge in [0.25, 0.3) is 0 Å². The standard InChI is InChI=1S/C22H17F2N/c1-13-2-3-15-9-16(5-4-14(15)8-13)17-6-7-19-18(10-17)11-21(23)20(12-25)22(19)24/h2-5,8-9,11,17H,6-7,10H2,1H3. The van der Waals surface area contributed by atoms with Crippen molar-refractivity contribution in [1.82, 2.24) is 0 Å². The molecule has 25 heavy (non-hydrogen) atoms. The smallest absolute Gasteiger partial charge is 0.147 e. The number of nitrogens with zero attached hydrogens (tertiary/aromatic N) is 1. The Morgan fingerprint density at radius 1 is 1.04 bits per heavy atom. The SMILES string of the molecule is Cc1ccc2cc(C3CCc4c(cc(F)c(C#N)c4F)C3)ccc2c1. The lowest BCUT2D eigenvalue weighted by Crippen LogP contribution is -2.16. The van der Waals surface area contributed by atoms with E-state index < -0.39 is 17.2 Å². The summed E-state index contributed by atoms with van der Waals surface area (Å²) in [4.78, 5) is 0. The van der Waals surface area contributed by atoms with Crippen molar-refractivity contribution in [3.63, 3.8) is 0 Å². The Bertz CT molecular complexity index is 1030. The molecule has 0 heterocycles. The molecule has 0 saturated heterocycles. The van der Waals surface area contributed by atoms with Crippen LogP contribution in [0.25, 0.3) is 10.8 Å². The van der Waals surface area contributed by atoms with Crippen LogP contribution in [0.4, 0.5) is 8.78 Å². The number of halogens is 2. The van der Waals surface area contributed by atoms with E-state index in [0.717, 1.165) is 6.42 Å². The topological polar surface area (TPSA) is 23.8 Å². The average molecular weight is 333 g/mol. The monoisotopic (exact) mass is 333 g/mol. The van der Waals surface area contributed by atoms with E-state index in [1.165, 1.54) is 28.0 Å². The Morgan fingerprint density at radius 3 is 2.60 bits per heavy atom. The second-order valence-electron chi connectivity index (χ2n) is 6.85. The molecule has 1 aliphatic carbocycles. The van der Waals surface area contributed by atoms with Gasteiger partial charge in [0.15, 0.2) is 0 Å². The quantitative estimate of drug-likeness (QED) is 0.571. The molecule has 0 amide bonds. The van der Waals surface area contributed by atoms with Gasteiger partial charge in [-0.3, -0.25) is 0 Å². The lowest BCUT2D eigenvalue weighted by atomic mass is 9.79. The van der Waals surface area contributed by atoms with Gasteiger partial charge in [-0.15, -0.1) is 0 Å². The third-order valence-electron chi connectivity index (χ3n) is 5.22. The van der Waals surface area contributed by atoms with E-state index in [9.17, 15) is 8.78 Å². The molecular formula is C22H17F2N. The summed E-state index contributed by atoms with van der Waals surface area (Å²) in [6.07, 6.45) is 1.94. The lowest BCUT2D eigenvalue weighted by Gasteiger charge is -2.26. The van der Waals surface area contributed by atoms with Crippen molar-refractivity contribution < 1.29 is 8.78 Å². The molecule has 3 aromatic carbocycles. The van der Waals surface area contributed by atoms with Gasteiger partial charge in [-0.25, -0.2) is 8.78 Å². The highest BCUT2D eigenvalue weighted by atomic mass is 19.1. The van der Waals surface area contributed by atoms with Gasteiger partial charge in [0.1, 0.15) is 23.3 Å². The first-order chi connectivity index (χ1) is 12.1. The Hall–Kier alpha value is -2.73. The van der Waals surface area contributed by atoms with E-state index >= 15 is 0 Å². The van der Waals surface area contributed by atoms with Gasteiger partial charge < -0.3 is 0 Å². The minimum atomic E-state index is -0.756. The van der Waals surface area contributed by atoms with Crippen LogP contribution in [0.5, 0.6) is 0 Å². The second-order valence-corrected chi connectivity index (χ2v) is 6.85. The number of hydrogen-bond donors (Lipinski definition) is 0. The molecule has 0 spiro atoms. The number of hydrogen-bond acceptors (Lipinski definition) is 1. The van der Waals surface area contributed by atoms with E-state index in [1.807, 2.05) is 0 Å². The van der Waals surface area contributed by atoms with Gasteiger partial charge in [-0.05, 0) is 65.6 Å². The first-order valence-corrected chi connectivity index (χ1v) is 8.47. The molecule has 0 bridgehead atoms. The number of fused-ring (bicyclic) bond motifs is 2. The van der Waals surface area contributed by atoms with Crippen molar-refractivity contribution in [3.05, 3.63) is 81.9 Å². The number of nitriles is 1. The van der Waals surface area contributed by atoms with E-state index in [4.69, 9.17) is 5.26 Å². The van der Waals surface area contributed by atoms with Crippen LogP contribution in [0.2, 0.25) is 0 Å². The number of benzene rings is 3. The van der Waals surface area contributed by atoms with Crippen LogP contribution in [-0.4, -0.2) is 0 Å². The minimum Gasteiger partial charge on any atom is -0.205 e. The molecule has 0 fully saturated rings. The second kappa shape index (κ2) is 5.97. The highest BCUT2D eigenvalue weighted by Gasteiger charge is 2.26. The molecule has 0 saturated carbocycles. The summed E-state index contributed by atoms with van der Waals surface area (Å²) in [5.41, 5.74) is 3.16. The van der Waals surface area contributed by atoms with Gasteiger partial charge >= 0.3 is 0 Å². The molecule has 124 valence electrons. The summed E-state index contributed by atoms with van der Waals surface area (Å²) in [6, 6.07) is 15.8. The van der Waals surface area contributed by atoms with Gasteiger partial charge in [-0.1, -0.05) is 42.0 Å². The predicted molar refractivity (Wildman–Crippen MR) is 94.5 cm³/mol. The van der Waals surface area contributed by atoms with Crippen LogP contribution < -0.4 is 0 Å². The van der Waals surface area contributed by atoms with Gasteiger partial charge in [0.2, 0.25) is 0 Å². The maximum Gasteiger partial charge on any atom is 0.147 e. The van der Waals surface area contributed by atoms with E-state index in [1.54, 1.807) is 6.07 Å². The van der Waals surface area contributed by atoms with Gasteiger partial charge in [0.05, 0.1) is 0 Å². The number of rotatable bonds is 1. The summed E-state index contributed by atoms with van der Waals surface area (Å²) in [5, 5.41) is 11.3. The van der Waals surface area contributed by atoms with Crippen molar-refractivity contribution in [2.75, 3.05) is 0 Å². The van der Waals surface area contributed by atoms with Crippen LogP contribution in [0.1, 0.15) is 40.2 Å². The van der Waals surface area contributed by atoms with Crippen molar-refractivity contribution in [3.8, 4) is 6.07 Å². The fraction of sp³-hybridized carbons (Fsp3) is 0.227. The molecule has 1 nitrogen and oxygen atoms in total. The van der Waals surface area contributed by atoms with Gasteiger partial charge in [0, 0.05) is 0 Å². The third kappa shape index (κ3) is 2.68. The molecular weight excluding hydrogens is 316 g/mol. The fourth-order valence-corrected chi connectivity index (χ4v) is 3.87. The largest absolute Gasteiger partial charge is 0.205 e. The molecule has 0 aromatic heterocycles. The Balaban J connectivity index is 1.71. The van der Waals surface area contributed by atoms with Crippen LogP contribution in [0.3, 0.4) is 0 Å². The first-order valence-electron chi connectivity index (χ1n) is 8.47. The summed E-state index contributed by atoms with van der Waals surface area (Å²) >= 11 is 0. The van der Waals surface area contributed by atoms with Crippen molar-refractivity contribution >= 4 is 10.8 Å². The van der Waals surface area contributed by atoms with Crippen LogP contribution in [0, 0.1) is 29.9 Å². The molecule has 0 N–H and O–H groups in total. The molecule has 1 atom stereocenters. The summed E-state index contributed by atoms with van der Waals surface area (Å²) < 4.78 is 28.3. The summed E-state index contributed by atoms with van der Waals surface area (Å²) in [7, 11) is 0. The van der Waals surface area contributed by atoms with Crippen LogP contribution in [0.15, 0.2) is 42.5 Å². The normalized spacial score (nSPS) is 16.5. The van der Waals surface area contributed by atoms with Crippen molar-refractivity contribution in [1.29, 1.82) is 5.26 Å². The van der Waals surface area contributed by atoms with E-state index in [-0.39, 0.29) is 5.92 Å². The fourth-order valence-electron chi connectivity index (χ4n) is 3.87.